The zero-order valence-corrected chi connectivity index (χ0v) is 23.8. The predicted molar refractivity (Wildman–Crippen MR) is 156 cm³/mol. The average molecular weight is 560 g/mol. The average Bonchev–Trinajstić information content (AvgIpc) is 3.58. The number of ether oxygens (including phenoxy) is 2. The molecule has 10 heteroatoms. The third-order valence-electron chi connectivity index (χ3n) is 7.66. The van der Waals surface area contributed by atoms with Gasteiger partial charge >= 0.3 is 6.09 Å². The van der Waals surface area contributed by atoms with Crippen LogP contribution in [0.1, 0.15) is 46.6 Å². The number of benzene rings is 2. The quantitative estimate of drug-likeness (QED) is 0.444. The number of hydrogen-bond acceptors (Lipinski definition) is 7. The number of hydrogen-bond donors (Lipinski definition) is 1. The van der Waals surface area contributed by atoms with Gasteiger partial charge in [0.15, 0.2) is 6.10 Å². The molecule has 2 aliphatic heterocycles. The summed E-state index contributed by atoms with van der Waals surface area (Å²) < 4.78 is 12.4. The van der Waals surface area contributed by atoms with E-state index in [1.165, 1.54) is 11.7 Å². The van der Waals surface area contributed by atoms with Gasteiger partial charge in [-0.2, -0.15) is 0 Å². The zero-order valence-electron chi connectivity index (χ0n) is 23.8. The van der Waals surface area contributed by atoms with Crippen molar-refractivity contribution in [1.29, 1.82) is 0 Å². The van der Waals surface area contributed by atoms with Gasteiger partial charge in [0, 0.05) is 56.3 Å². The van der Waals surface area contributed by atoms with Crippen molar-refractivity contribution in [1.82, 2.24) is 14.4 Å². The van der Waals surface area contributed by atoms with Crippen molar-refractivity contribution >= 4 is 29.3 Å². The van der Waals surface area contributed by atoms with Crippen molar-refractivity contribution in [3.63, 3.8) is 0 Å². The lowest BCUT2D eigenvalue weighted by Gasteiger charge is -2.34. The second-order valence-corrected chi connectivity index (χ2v) is 10.5. The molecule has 41 heavy (non-hydrogen) atoms. The van der Waals surface area contributed by atoms with E-state index in [1.807, 2.05) is 61.5 Å². The SMILES string of the molecule is CCCOC(=O)n1cc(NC(=O)c2ccc(N3CCN(C)CC3)cc2)c2c1CN(C(=O)[C@H](OC)c1ccccc1)C2. The van der Waals surface area contributed by atoms with E-state index in [-0.39, 0.29) is 31.5 Å². The Labute approximate surface area is 240 Å². The molecule has 1 N–H and O–H groups in total. The van der Waals surface area contributed by atoms with Crippen LogP contribution in [-0.2, 0) is 27.4 Å². The van der Waals surface area contributed by atoms with Gasteiger partial charge in [0.2, 0.25) is 0 Å². The minimum absolute atomic E-state index is 0.192. The predicted octanol–water partition coefficient (Wildman–Crippen LogP) is 4.12. The van der Waals surface area contributed by atoms with Gasteiger partial charge in [-0.1, -0.05) is 37.3 Å². The number of carbonyl (C=O) groups is 3. The molecule has 1 fully saturated rings. The largest absolute Gasteiger partial charge is 0.449 e. The van der Waals surface area contributed by atoms with E-state index in [1.54, 1.807) is 11.1 Å². The molecule has 0 bridgehead atoms. The number of likely N-dealkylation sites (N-methyl/N-ethyl adjacent to an activating group) is 1. The Kier molecular flexibility index (Phi) is 8.70. The van der Waals surface area contributed by atoms with Gasteiger partial charge in [-0.3, -0.25) is 14.2 Å². The Morgan fingerprint density at radius 3 is 2.32 bits per heavy atom. The standard InChI is InChI=1S/C31H37N5O5/c1-4-18-41-31(39)36-20-26(32-29(37)23-10-12-24(13-11-23)34-16-14-33(2)15-17-34)25-19-35(21-27(25)36)30(38)28(40-3)22-8-6-5-7-9-22/h5-13,20,28H,4,14-19,21H2,1-3H3,(H,32,37)/t28-/m1/s1. The summed E-state index contributed by atoms with van der Waals surface area (Å²) in [4.78, 5) is 46.0. The van der Waals surface area contributed by atoms with Crippen LogP contribution in [0.5, 0.6) is 0 Å². The van der Waals surface area contributed by atoms with E-state index in [2.05, 4.69) is 22.2 Å². The molecule has 10 nitrogen and oxygen atoms in total. The lowest BCUT2D eigenvalue weighted by molar-refractivity contribution is -0.143. The third kappa shape index (κ3) is 6.13. The number of amides is 2. The number of nitrogens with zero attached hydrogens (tertiary/aromatic N) is 4. The summed E-state index contributed by atoms with van der Waals surface area (Å²) in [6, 6.07) is 16.8. The smallest absolute Gasteiger partial charge is 0.418 e. The molecule has 0 saturated carbocycles. The Bertz CT molecular complexity index is 1380. The molecule has 216 valence electrons. The Morgan fingerprint density at radius 1 is 0.951 bits per heavy atom. The number of carbonyl (C=O) groups excluding carboxylic acids is 3. The lowest BCUT2D eigenvalue weighted by atomic mass is 10.1. The van der Waals surface area contributed by atoms with Gasteiger partial charge in [0.05, 0.1) is 31.1 Å². The molecule has 0 unspecified atom stereocenters. The molecule has 2 aliphatic rings. The van der Waals surface area contributed by atoms with E-state index < -0.39 is 12.2 Å². The zero-order chi connectivity index (χ0) is 28.9. The van der Waals surface area contributed by atoms with Gasteiger partial charge in [-0.25, -0.2) is 4.79 Å². The lowest BCUT2D eigenvalue weighted by Crippen LogP contribution is -2.44. The molecule has 1 atom stereocenters. The third-order valence-corrected chi connectivity index (χ3v) is 7.66. The fraction of sp³-hybridized carbons (Fsp3) is 0.387. The monoisotopic (exact) mass is 559 g/mol. The van der Waals surface area contributed by atoms with Gasteiger partial charge in [0.1, 0.15) is 0 Å². The molecule has 5 rings (SSSR count). The van der Waals surface area contributed by atoms with E-state index >= 15 is 0 Å². The molecular weight excluding hydrogens is 522 g/mol. The second kappa shape index (κ2) is 12.6. The molecule has 0 aliphatic carbocycles. The summed E-state index contributed by atoms with van der Waals surface area (Å²) in [5.41, 5.74) is 4.13. The number of methoxy groups -OCH3 is 1. The summed E-state index contributed by atoms with van der Waals surface area (Å²) in [5.74, 6) is -0.513. The van der Waals surface area contributed by atoms with Gasteiger partial charge in [-0.15, -0.1) is 0 Å². The van der Waals surface area contributed by atoms with Crippen LogP contribution in [0, 0.1) is 0 Å². The van der Waals surface area contributed by atoms with Crippen LogP contribution in [0.15, 0.2) is 60.8 Å². The summed E-state index contributed by atoms with van der Waals surface area (Å²) >= 11 is 0. The first-order valence-corrected chi connectivity index (χ1v) is 14.0. The topological polar surface area (TPSA) is 96.4 Å². The number of piperazine rings is 1. The maximum absolute atomic E-state index is 13.5. The highest BCUT2D eigenvalue weighted by Crippen LogP contribution is 2.34. The van der Waals surface area contributed by atoms with Crippen LogP contribution in [-0.4, -0.2) is 79.2 Å². The fourth-order valence-corrected chi connectivity index (χ4v) is 5.30. The normalized spacial score (nSPS) is 15.9. The van der Waals surface area contributed by atoms with Crippen LogP contribution >= 0.6 is 0 Å². The molecule has 0 spiro atoms. The molecule has 1 aromatic heterocycles. The van der Waals surface area contributed by atoms with Crippen molar-refractivity contribution in [3.05, 3.63) is 83.2 Å². The first-order valence-electron chi connectivity index (χ1n) is 14.0. The van der Waals surface area contributed by atoms with Crippen LogP contribution in [0.3, 0.4) is 0 Å². The molecule has 3 aromatic rings. The highest BCUT2D eigenvalue weighted by molar-refractivity contribution is 6.05. The summed E-state index contributed by atoms with van der Waals surface area (Å²) in [7, 11) is 3.62. The number of nitrogens with one attached hydrogen (secondary N) is 1. The van der Waals surface area contributed by atoms with Crippen molar-refractivity contribution in [3.8, 4) is 0 Å². The van der Waals surface area contributed by atoms with Crippen molar-refractivity contribution < 1.29 is 23.9 Å². The minimum Gasteiger partial charge on any atom is -0.449 e. The Balaban J connectivity index is 1.35. The van der Waals surface area contributed by atoms with E-state index in [4.69, 9.17) is 9.47 Å². The molecule has 3 heterocycles. The van der Waals surface area contributed by atoms with Gasteiger partial charge < -0.3 is 29.5 Å². The van der Waals surface area contributed by atoms with Crippen LogP contribution in [0.25, 0.3) is 0 Å². The van der Waals surface area contributed by atoms with E-state index in [0.29, 0.717) is 28.9 Å². The Hall–Kier alpha value is -4.15. The van der Waals surface area contributed by atoms with E-state index in [9.17, 15) is 14.4 Å². The van der Waals surface area contributed by atoms with Crippen molar-refractivity contribution in [2.75, 3.05) is 57.2 Å². The summed E-state index contributed by atoms with van der Waals surface area (Å²) in [6.45, 7) is 6.50. The second-order valence-electron chi connectivity index (χ2n) is 10.5. The number of anilines is 2. The number of aromatic nitrogens is 1. The van der Waals surface area contributed by atoms with Crippen molar-refractivity contribution in [2.45, 2.75) is 32.5 Å². The number of fused-ring (bicyclic) bond motifs is 1. The maximum atomic E-state index is 13.5. The summed E-state index contributed by atoms with van der Waals surface area (Å²) in [6.07, 6.45) is 0.949. The highest BCUT2D eigenvalue weighted by atomic mass is 16.5. The first-order chi connectivity index (χ1) is 19.9. The molecular formula is C31H37N5O5. The van der Waals surface area contributed by atoms with Crippen LogP contribution in [0.4, 0.5) is 16.2 Å². The van der Waals surface area contributed by atoms with Crippen LogP contribution < -0.4 is 10.2 Å². The fourth-order valence-electron chi connectivity index (χ4n) is 5.30. The molecule has 2 amide bonds. The number of rotatable bonds is 8. The Morgan fingerprint density at radius 2 is 1.66 bits per heavy atom. The maximum Gasteiger partial charge on any atom is 0.418 e. The van der Waals surface area contributed by atoms with Crippen LogP contribution in [0.2, 0.25) is 0 Å². The summed E-state index contributed by atoms with van der Waals surface area (Å²) in [5, 5.41) is 2.97. The van der Waals surface area contributed by atoms with Gasteiger partial charge in [-0.05, 0) is 43.3 Å². The highest BCUT2D eigenvalue weighted by Gasteiger charge is 2.35. The van der Waals surface area contributed by atoms with Gasteiger partial charge in [0.25, 0.3) is 11.8 Å². The molecule has 2 aromatic carbocycles. The molecule has 1 saturated heterocycles. The first kappa shape index (κ1) is 28.4. The van der Waals surface area contributed by atoms with Crippen molar-refractivity contribution in [2.24, 2.45) is 0 Å². The minimum atomic E-state index is -0.780. The van der Waals surface area contributed by atoms with E-state index in [0.717, 1.165) is 37.4 Å². The molecule has 0 radical (unpaired) electrons.